The molecule has 0 amide bonds. The Morgan fingerprint density at radius 2 is 1.79 bits per heavy atom. The second kappa shape index (κ2) is 6.04. The zero-order valence-corrected chi connectivity index (χ0v) is 12.0. The van der Waals surface area contributed by atoms with Crippen LogP contribution in [0.1, 0.15) is 40.0 Å². The van der Waals surface area contributed by atoms with Gasteiger partial charge in [-0.2, -0.15) is 0 Å². The smallest absolute Gasteiger partial charge is 0.333 e. The lowest BCUT2D eigenvalue weighted by molar-refractivity contribution is -0.153. The summed E-state index contributed by atoms with van der Waals surface area (Å²) in [4.78, 5) is 22.9. The van der Waals surface area contributed by atoms with Gasteiger partial charge in [0.2, 0.25) is 0 Å². The van der Waals surface area contributed by atoms with Crippen LogP contribution < -0.4 is 0 Å². The van der Waals surface area contributed by atoms with Gasteiger partial charge in [-0.3, -0.25) is 0 Å². The van der Waals surface area contributed by atoms with Crippen molar-refractivity contribution in [2.75, 3.05) is 6.61 Å². The van der Waals surface area contributed by atoms with Crippen molar-refractivity contribution >= 4 is 11.9 Å². The molecule has 4 nitrogen and oxygen atoms in total. The highest BCUT2D eigenvalue weighted by atomic mass is 16.6. The average Bonchev–Trinajstić information content (AvgIpc) is 2.67. The van der Waals surface area contributed by atoms with Crippen LogP contribution in [0, 0.1) is 5.92 Å². The van der Waals surface area contributed by atoms with Gasteiger partial charge in [0.25, 0.3) is 0 Å². The SMILES string of the molecule is C=C(C)C(=O)OCC1CCC(C)(OC(=O)C(=C)C)C1. The monoisotopic (exact) mass is 266 g/mol. The minimum absolute atomic E-state index is 0.228. The van der Waals surface area contributed by atoms with Crippen molar-refractivity contribution in [2.24, 2.45) is 5.92 Å². The minimum atomic E-state index is -0.476. The van der Waals surface area contributed by atoms with Crippen LogP contribution >= 0.6 is 0 Å². The standard InChI is InChI=1S/C15H22O4/c1-10(2)13(16)18-9-12-6-7-15(5,8-12)19-14(17)11(3)4/h12H,1,3,6-9H2,2,4-5H3. The molecule has 106 valence electrons. The van der Waals surface area contributed by atoms with Gasteiger partial charge in [0.1, 0.15) is 5.60 Å². The van der Waals surface area contributed by atoms with Crippen molar-refractivity contribution in [1.29, 1.82) is 0 Å². The average molecular weight is 266 g/mol. The second-order valence-corrected chi connectivity index (χ2v) is 5.61. The molecule has 0 aromatic carbocycles. The lowest BCUT2D eigenvalue weighted by atomic mass is 10.0. The van der Waals surface area contributed by atoms with Crippen molar-refractivity contribution in [3.8, 4) is 0 Å². The summed E-state index contributed by atoms with van der Waals surface area (Å²) in [6.07, 6.45) is 2.36. The third-order valence-electron chi connectivity index (χ3n) is 3.29. The maximum Gasteiger partial charge on any atom is 0.333 e. The summed E-state index contributed by atoms with van der Waals surface area (Å²) < 4.78 is 10.6. The predicted octanol–water partition coefficient (Wildman–Crippen LogP) is 2.78. The summed E-state index contributed by atoms with van der Waals surface area (Å²) in [7, 11) is 0. The molecule has 0 radical (unpaired) electrons. The molecule has 1 aliphatic rings. The number of rotatable bonds is 5. The molecule has 2 atom stereocenters. The molecular weight excluding hydrogens is 244 g/mol. The number of carbonyl (C=O) groups is 2. The maximum atomic E-state index is 11.5. The molecule has 0 saturated heterocycles. The van der Waals surface area contributed by atoms with Crippen molar-refractivity contribution < 1.29 is 19.1 Å². The van der Waals surface area contributed by atoms with Crippen LogP contribution in [-0.4, -0.2) is 24.1 Å². The fraction of sp³-hybridized carbons (Fsp3) is 0.600. The van der Waals surface area contributed by atoms with E-state index in [0.717, 1.165) is 12.8 Å². The van der Waals surface area contributed by atoms with Crippen LogP contribution in [0.25, 0.3) is 0 Å². The van der Waals surface area contributed by atoms with E-state index >= 15 is 0 Å². The van der Waals surface area contributed by atoms with Gasteiger partial charge in [-0.05, 0) is 46.0 Å². The Bertz CT molecular complexity index is 410. The van der Waals surface area contributed by atoms with E-state index in [0.29, 0.717) is 24.2 Å². The first-order chi connectivity index (χ1) is 8.73. The van der Waals surface area contributed by atoms with E-state index in [2.05, 4.69) is 13.2 Å². The lowest BCUT2D eigenvalue weighted by Gasteiger charge is -2.24. The molecule has 0 heterocycles. The Hall–Kier alpha value is -1.58. The van der Waals surface area contributed by atoms with Gasteiger partial charge in [0.05, 0.1) is 6.61 Å². The summed E-state index contributed by atoms with van der Waals surface area (Å²) >= 11 is 0. The maximum absolute atomic E-state index is 11.5. The largest absolute Gasteiger partial charge is 0.462 e. The first kappa shape index (κ1) is 15.5. The molecular formula is C15H22O4. The van der Waals surface area contributed by atoms with Crippen LogP contribution in [0.3, 0.4) is 0 Å². The Morgan fingerprint density at radius 1 is 1.21 bits per heavy atom. The molecule has 0 aromatic rings. The van der Waals surface area contributed by atoms with E-state index in [1.54, 1.807) is 13.8 Å². The third kappa shape index (κ3) is 4.54. The van der Waals surface area contributed by atoms with Gasteiger partial charge in [-0.25, -0.2) is 9.59 Å². The topological polar surface area (TPSA) is 52.6 Å². The van der Waals surface area contributed by atoms with Crippen molar-refractivity contribution in [1.82, 2.24) is 0 Å². The fourth-order valence-corrected chi connectivity index (χ4v) is 2.19. The van der Waals surface area contributed by atoms with Crippen molar-refractivity contribution in [3.63, 3.8) is 0 Å². The van der Waals surface area contributed by atoms with E-state index in [-0.39, 0.29) is 17.9 Å². The molecule has 0 N–H and O–H groups in total. The molecule has 1 rings (SSSR count). The normalized spacial score (nSPS) is 25.7. The molecule has 1 fully saturated rings. The summed E-state index contributed by atoms with van der Waals surface area (Å²) in [6.45, 7) is 12.6. The fourth-order valence-electron chi connectivity index (χ4n) is 2.19. The highest BCUT2D eigenvalue weighted by Gasteiger charge is 2.38. The van der Waals surface area contributed by atoms with E-state index in [1.165, 1.54) is 0 Å². The van der Waals surface area contributed by atoms with Crippen LogP contribution in [0.15, 0.2) is 24.3 Å². The van der Waals surface area contributed by atoms with Crippen LogP contribution in [0.2, 0.25) is 0 Å². The van der Waals surface area contributed by atoms with Crippen molar-refractivity contribution in [3.05, 3.63) is 24.3 Å². The summed E-state index contributed by atoms with van der Waals surface area (Å²) in [5.74, 6) is -0.499. The molecule has 1 aliphatic carbocycles. The molecule has 19 heavy (non-hydrogen) atoms. The van der Waals surface area contributed by atoms with Crippen LogP contribution in [-0.2, 0) is 19.1 Å². The van der Waals surface area contributed by atoms with E-state index in [4.69, 9.17) is 9.47 Å². The summed E-state index contributed by atoms with van der Waals surface area (Å²) in [5, 5.41) is 0. The molecule has 2 unspecified atom stereocenters. The van der Waals surface area contributed by atoms with Crippen molar-refractivity contribution in [2.45, 2.75) is 45.6 Å². The Balaban J connectivity index is 2.44. The Kier molecular flexibility index (Phi) is 4.92. The molecule has 1 saturated carbocycles. The molecule has 0 aromatic heterocycles. The second-order valence-electron chi connectivity index (χ2n) is 5.61. The van der Waals surface area contributed by atoms with Crippen LogP contribution in [0.4, 0.5) is 0 Å². The lowest BCUT2D eigenvalue weighted by Crippen LogP contribution is -2.29. The Morgan fingerprint density at radius 3 is 2.32 bits per heavy atom. The zero-order valence-electron chi connectivity index (χ0n) is 12.0. The first-order valence-corrected chi connectivity index (χ1v) is 6.45. The van der Waals surface area contributed by atoms with E-state index < -0.39 is 5.60 Å². The molecule has 0 bridgehead atoms. The third-order valence-corrected chi connectivity index (χ3v) is 3.29. The predicted molar refractivity (Wildman–Crippen MR) is 72.4 cm³/mol. The number of ether oxygens (including phenoxy) is 2. The van der Waals surface area contributed by atoms with Gasteiger partial charge in [-0.1, -0.05) is 13.2 Å². The number of carbonyl (C=O) groups excluding carboxylic acids is 2. The highest BCUT2D eigenvalue weighted by Crippen LogP contribution is 2.37. The van der Waals surface area contributed by atoms with E-state index in [9.17, 15) is 9.59 Å². The van der Waals surface area contributed by atoms with Gasteiger partial charge < -0.3 is 9.47 Å². The summed E-state index contributed by atoms with van der Waals surface area (Å²) in [5.41, 5.74) is 0.323. The minimum Gasteiger partial charge on any atom is -0.462 e. The number of esters is 2. The van der Waals surface area contributed by atoms with Gasteiger partial charge in [0.15, 0.2) is 0 Å². The highest BCUT2D eigenvalue weighted by molar-refractivity contribution is 5.87. The molecule has 0 aliphatic heterocycles. The number of hydrogen-bond donors (Lipinski definition) is 0. The van der Waals surface area contributed by atoms with Gasteiger partial charge in [0, 0.05) is 11.1 Å². The van der Waals surface area contributed by atoms with Crippen LogP contribution in [0.5, 0.6) is 0 Å². The molecule has 0 spiro atoms. The van der Waals surface area contributed by atoms with Gasteiger partial charge >= 0.3 is 11.9 Å². The molecule has 4 heteroatoms. The first-order valence-electron chi connectivity index (χ1n) is 6.45. The van der Waals surface area contributed by atoms with Gasteiger partial charge in [-0.15, -0.1) is 0 Å². The Labute approximate surface area is 114 Å². The zero-order chi connectivity index (χ0) is 14.6. The summed E-state index contributed by atoms with van der Waals surface area (Å²) in [6, 6.07) is 0. The quantitative estimate of drug-likeness (QED) is 0.567. The van der Waals surface area contributed by atoms with E-state index in [1.807, 2.05) is 6.92 Å². The number of hydrogen-bond acceptors (Lipinski definition) is 4.